The molecule has 2 heterocycles. The Balaban J connectivity index is 1.40. The summed E-state index contributed by atoms with van der Waals surface area (Å²) in [7, 11) is -2.88. The van der Waals surface area contributed by atoms with E-state index >= 15 is 0 Å². The lowest BCUT2D eigenvalue weighted by Gasteiger charge is -2.37. The summed E-state index contributed by atoms with van der Waals surface area (Å²) in [5.41, 5.74) is 0.593. The first-order valence-corrected chi connectivity index (χ1v) is 10.5. The van der Waals surface area contributed by atoms with E-state index in [-0.39, 0.29) is 29.4 Å². The largest absolute Gasteiger partial charge is 0.338 e. The van der Waals surface area contributed by atoms with Gasteiger partial charge < -0.3 is 10.2 Å². The van der Waals surface area contributed by atoms with Crippen molar-refractivity contribution in [1.29, 1.82) is 0 Å². The molecule has 0 radical (unpaired) electrons. The van der Waals surface area contributed by atoms with E-state index in [4.69, 9.17) is 0 Å². The van der Waals surface area contributed by atoms with Crippen molar-refractivity contribution in [3.63, 3.8) is 0 Å². The summed E-state index contributed by atoms with van der Waals surface area (Å²) in [6.07, 6.45) is 1.15. The number of nitrogens with one attached hydrogen (secondary N) is 1. The van der Waals surface area contributed by atoms with Crippen LogP contribution in [0.1, 0.15) is 12.0 Å². The van der Waals surface area contributed by atoms with Crippen LogP contribution in [0, 0.1) is 5.82 Å². The zero-order chi connectivity index (χ0) is 17.9. The smallest absolute Gasteiger partial charge is 0.317 e. The molecule has 138 valence electrons. The average molecular weight is 369 g/mol. The van der Waals surface area contributed by atoms with Gasteiger partial charge in [0, 0.05) is 38.8 Å². The minimum absolute atomic E-state index is 0.0938. The molecule has 2 amide bonds. The first-order chi connectivity index (χ1) is 11.9. The molecule has 0 bridgehead atoms. The molecule has 1 N–H and O–H groups in total. The molecule has 1 atom stereocenters. The highest BCUT2D eigenvalue weighted by molar-refractivity contribution is 7.91. The van der Waals surface area contributed by atoms with Gasteiger partial charge >= 0.3 is 6.03 Å². The number of hydrogen-bond donors (Lipinski definition) is 1. The molecule has 2 saturated heterocycles. The summed E-state index contributed by atoms with van der Waals surface area (Å²) < 4.78 is 36.7. The van der Waals surface area contributed by atoms with E-state index < -0.39 is 9.84 Å². The van der Waals surface area contributed by atoms with Gasteiger partial charge in [0.25, 0.3) is 0 Å². The molecule has 1 aromatic rings. The lowest BCUT2D eigenvalue weighted by molar-refractivity contribution is 0.116. The number of hydrogen-bond acceptors (Lipinski definition) is 4. The lowest BCUT2D eigenvalue weighted by Crippen LogP contribution is -2.54. The highest BCUT2D eigenvalue weighted by atomic mass is 32.2. The molecule has 0 spiro atoms. The number of benzene rings is 1. The highest BCUT2D eigenvalue weighted by Crippen LogP contribution is 2.19. The number of carbonyl (C=O) groups is 1. The Labute approximate surface area is 147 Å². The van der Waals surface area contributed by atoms with Crippen LogP contribution in [-0.4, -0.2) is 74.5 Å². The second-order valence-electron chi connectivity index (χ2n) is 6.65. The number of nitrogens with zero attached hydrogens (tertiary/aromatic N) is 2. The molecule has 8 heteroatoms. The fraction of sp³-hybridized carbons (Fsp3) is 0.588. The molecule has 0 aromatic heterocycles. The molecule has 3 rings (SSSR count). The van der Waals surface area contributed by atoms with Gasteiger partial charge in [-0.2, -0.15) is 0 Å². The molecule has 6 nitrogen and oxygen atoms in total. The third kappa shape index (κ3) is 4.70. The molecule has 0 saturated carbocycles. The van der Waals surface area contributed by atoms with E-state index in [1.165, 1.54) is 6.07 Å². The monoisotopic (exact) mass is 369 g/mol. The number of carbonyl (C=O) groups excluding carboxylic acids is 1. The Hall–Kier alpha value is -1.67. The number of amides is 2. The number of piperazine rings is 1. The Morgan fingerprint density at radius 1 is 1.20 bits per heavy atom. The van der Waals surface area contributed by atoms with Crippen molar-refractivity contribution in [3.05, 3.63) is 35.6 Å². The quantitative estimate of drug-likeness (QED) is 0.856. The number of halogens is 1. The minimum atomic E-state index is -2.88. The number of rotatable bonds is 4. The number of urea groups is 1. The van der Waals surface area contributed by atoms with Gasteiger partial charge in [-0.25, -0.2) is 17.6 Å². The van der Waals surface area contributed by atoms with E-state index in [1.54, 1.807) is 23.1 Å². The van der Waals surface area contributed by atoms with Crippen LogP contribution in [0.2, 0.25) is 0 Å². The van der Waals surface area contributed by atoms with Gasteiger partial charge in [0.2, 0.25) is 0 Å². The average Bonchev–Trinajstić information content (AvgIpc) is 2.96. The third-order valence-corrected chi connectivity index (χ3v) is 6.71. The van der Waals surface area contributed by atoms with Crippen LogP contribution in [0.5, 0.6) is 0 Å². The van der Waals surface area contributed by atoms with Crippen molar-refractivity contribution in [2.75, 3.05) is 44.2 Å². The van der Waals surface area contributed by atoms with Crippen molar-refractivity contribution in [3.8, 4) is 0 Å². The zero-order valence-electron chi connectivity index (χ0n) is 14.2. The first-order valence-electron chi connectivity index (χ1n) is 8.65. The van der Waals surface area contributed by atoms with Crippen molar-refractivity contribution >= 4 is 15.9 Å². The summed E-state index contributed by atoms with van der Waals surface area (Å²) in [5.74, 6) is 0.257. The van der Waals surface area contributed by atoms with Crippen LogP contribution in [0.25, 0.3) is 0 Å². The number of sulfone groups is 1. The summed E-state index contributed by atoms with van der Waals surface area (Å²) in [6, 6.07) is 6.51. The lowest BCUT2D eigenvalue weighted by atomic mass is 10.1. The Morgan fingerprint density at radius 3 is 2.56 bits per heavy atom. The molecule has 25 heavy (non-hydrogen) atoms. The van der Waals surface area contributed by atoms with E-state index in [0.29, 0.717) is 51.1 Å². The molecule has 2 aliphatic rings. The third-order valence-electron chi connectivity index (χ3n) is 4.95. The van der Waals surface area contributed by atoms with E-state index in [0.717, 1.165) is 0 Å². The standard InChI is InChI=1S/C17H24FN3O3S/c18-16-4-2-1-3-14(16)5-7-19-17(22)21-10-8-20(9-11-21)15-6-12-25(23,24)13-15/h1-4,15H,5-13H2,(H,19,22). The van der Waals surface area contributed by atoms with Gasteiger partial charge in [-0.15, -0.1) is 0 Å². The maximum Gasteiger partial charge on any atom is 0.317 e. The maximum atomic E-state index is 13.5. The fourth-order valence-corrected chi connectivity index (χ4v) is 5.23. The van der Waals surface area contributed by atoms with Crippen LogP contribution in [0.3, 0.4) is 0 Å². The normalized spacial score (nSPS) is 23.6. The second kappa shape index (κ2) is 7.70. The Kier molecular flexibility index (Phi) is 5.58. The first kappa shape index (κ1) is 18.1. The van der Waals surface area contributed by atoms with E-state index in [2.05, 4.69) is 10.2 Å². The summed E-state index contributed by atoms with van der Waals surface area (Å²) in [4.78, 5) is 16.1. The van der Waals surface area contributed by atoms with Crippen LogP contribution >= 0.6 is 0 Å². The van der Waals surface area contributed by atoms with Crippen molar-refractivity contribution in [2.24, 2.45) is 0 Å². The summed E-state index contributed by atoms with van der Waals surface area (Å²) >= 11 is 0. The van der Waals surface area contributed by atoms with Gasteiger partial charge in [0.1, 0.15) is 5.82 Å². The van der Waals surface area contributed by atoms with E-state index in [1.807, 2.05) is 0 Å². The summed E-state index contributed by atoms with van der Waals surface area (Å²) in [6.45, 7) is 2.95. The van der Waals surface area contributed by atoms with Crippen molar-refractivity contribution < 1.29 is 17.6 Å². The van der Waals surface area contributed by atoms with Gasteiger partial charge in [-0.3, -0.25) is 4.90 Å². The topological polar surface area (TPSA) is 69.7 Å². The molecular formula is C17H24FN3O3S. The van der Waals surface area contributed by atoms with Gasteiger partial charge in [0.15, 0.2) is 9.84 Å². The molecule has 0 aliphatic carbocycles. The Morgan fingerprint density at radius 2 is 1.92 bits per heavy atom. The zero-order valence-corrected chi connectivity index (χ0v) is 15.0. The molecular weight excluding hydrogens is 345 g/mol. The molecule has 2 aliphatic heterocycles. The molecule has 2 fully saturated rings. The van der Waals surface area contributed by atoms with Gasteiger partial charge in [-0.05, 0) is 24.5 Å². The van der Waals surface area contributed by atoms with Crippen LogP contribution in [0.4, 0.5) is 9.18 Å². The van der Waals surface area contributed by atoms with E-state index in [9.17, 15) is 17.6 Å². The van der Waals surface area contributed by atoms with Crippen LogP contribution < -0.4 is 5.32 Å². The molecule has 1 unspecified atom stereocenters. The Bertz CT molecular complexity index is 718. The second-order valence-corrected chi connectivity index (χ2v) is 8.88. The fourth-order valence-electron chi connectivity index (χ4n) is 3.47. The predicted octanol–water partition coefficient (Wildman–Crippen LogP) is 0.883. The SMILES string of the molecule is O=C(NCCc1ccccc1F)N1CCN(C2CCS(=O)(=O)C2)CC1. The summed E-state index contributed by atoms with van der Waals surface area (Å²) in [5, 5.41) is 2.83. The van der Waals surface area contributed by atoms with Gasteiger partial charge in [-0.1, -0.05) is 18.2 Å². The molecule has 1 aromatic carbocycles. The minimum Gasteiger partial charge on any atom is -0.338 e. The maximum absolute atomic E-state index is 13.5. The van der Waals surface area contributed by atoms with Crippen molar-refractivity contribution in [1.82, 2.24) is 15.1 Å². The highest BCUT2D eigenvalue weighted by Gasteiger charge is 2.34. The van der Waals surface area contributed by atoms with Crippen LogP contribution in [-0.2, 0) is 16.3 Å². The van der Waals surface area contributed by atoms with Gasteiger partial charge in [0.05, 0.1) is 11.5 Å². The predicted molar refractivity (Wildman–Crippen MR) is 93.7 cm³/mol. The van der Waals surface area contributed by atoms with Crippen molar-refractivity contribution in [2.45, 2.75) is 18.9 Å². The van der Waals surface area contributed by atoms with Crippen LogP contribution in [0.15, 0.2) is 24.3 Å².